The molecule has 4 aromatic carbocycles. The van der Waals surface area contributed by atoms with E-state index in [1.165, 1.54) is 60.0 Å². The molecule has 5 rings (SSSR count). The van der Waals surface area contributed by atoms with Crippen LogP contribution in [0.5, 0.6) is 0 Å². The van der Waals surface area contributed by atoms with Crippen LogP contribution in [0.3, 0.4) is 0 Å². The Balaban J connectivity index is 0.000000669. The zero-order chi connectivity index (χ0) is 40.1. The van der Waals surface area contributed by atoms with Crippen molar-refractivity contribution in [2.45, 2.75) is 47.0 Å². The topological polar surface area (TPSA) is 149 Å². The first-order valence-electron chi connectivity index (χ1n) is 17.3. The maximum Gasteiger partial charge on any atom is 3.00 e. The number of hydrogen-bond donors (Lipinski definition) is 1. The van der Waals surface area contributed by atoms with Crippen LogP contribution < -0.4 is 5.32 Å². The average molecular weight is 882 g/mol. The standard InChI is InChI=1S/4C10H9O2.C5H11N.Eu/c4*1-8(11)7-10(12)9-5-3-2-4-6-9;1-2-4-6-5-3-1;/h4*2-7H,1H3;6H,1-5H2;/q4*-1;;+3. The third kappa shape index (κ3) is 25.8. The molecule has 1 saturated heterocycles. The molecule has 0 amide bonds. The largest absolute Gasteiger partial charge is 3.00 e. The monoisotopic (exact) mass is 882 g/mol. The molecule has 1 heterocycles. The Morgan fingerprint density at radius 2 is 0.564 bits per heavy atom. The van der Waals surface area contributed by atoms with Crippen LogP contribution in [-0.4, -0.2) is 59.4 Å². The van der Waals surface area contributed by atoms with Crippen LogP contribution in [0.15, 0.2) is 121 Å². The van der Waals surface area contributed by atoms with E-state index in [2.05, 4.69) is 5.32 Å². The van der Waals surface area contributed by atoms with Crippen molar-refractivity contribution in [1.82, 2.24) is 5.32 Å². The van der Waals surface area contributed by atoms with Gasteiger partial charge >= 0.3 is 49.4 Å². The molecular weight excluding hydrogens is 834 g/mol. The van der Waals surface area contributed by atoms with Gasteiger partial charge in [0, 0.05) is 23.1 Å². The van der Waals surface area contributed by atoms with Crippen LogP contribution in [0.1, 0.15) is 88.4 Å². The molecule has 55 heavy (non-hydrogen) atoms. The van der Waals surface area contributed by atoms with Gasteiger partial charge in [0.25, 0.3) is 0 Å². The smallest absolute Gasteiger partial charge is 0.331 e. The summed E-state index contributed by atoms with van der Waals surface area (Å²) in [5, 5.41) is 3.28. The maximum atomic E-state index is 11.2. The quantitative estimate of drug-likeness (QED) is 0.0873. The van der Waals surface area contributed by atoms with E-state index < -0.39 is 0 Å². The van der Waals surface area contributed by atoms with Crippen LogP contribution in [0.4, 0.5) is 0 Å². The van der Waals surface area contributed by atoms with E-state index >= 15 is 0 Å². The number of ketones is 8. The summed E-state index contributed by atoms with van der Waals surface area (Å²) in [7, 11) is 0. The van der Waals surface area contributed by atoms with Crippen LogP contribution in [0.25, 0.3) is 0 Å². The van der Waals surface area contributed by atoms with Crippen LogP contribution in [-0.2, 0) is 19.2 Å². The van der Waals surface area contributed by atoms with Crippen LogP contribution in [0, 0.1) is 75.1 Å². The summed E-state index contributed by atoms with van der Waals surface area (Å²) in [6, 6.07) is 34.9. The summed E-state index contributed by atoms with van der Waals surface area (Å²) in [6.45, 7) is 7.95. The number of Topliss-reactive ketones (excluding diaryl/α,β-unsaturated/α-hetero) is 8. The number of piperidine rings is 1. The van der Waals surface area contributed by atoms with Gasteiger partial charge in [-0.3, -0.25) is 0 Å². The molecule has 0 bridgehead atoms. The molecule has 1 N–H and O–H groups in total. The van der Waals surface area contributed by atoms with E-state index in [4.69, 9.17) is 0 Å². The summed E-state index contributed by atoms with van der Waals surface area (Å²) in [5.74, 6) is -1.81. The van der Waals surface area contributed by atoms with Crippen LogP contribution in [0.2, 0.25) is 0 Å². The average Bonchev–Trinajstić information content (AvgIpc) is 3.17. The number of carbonyl (C=O) groups excluding carboxylic acids is 8. The van der Waals surface area contributed by atoms with E-state index in [1.54, 1.807) is 97.1 Å². The molecule has 0 aliphatic carbocycles. The van der Waals surface area contributed by atoms with Crippen molar-refractivity contribution >= 4 is 46.3 Å². The molecule has 1 fully saturated rings. The molecule has 4 aromatic rings. The van der Waals surface area contributed by atoms with Gasteiger partial charge in [-0.2, -0.15) is 0 Å². The molecule has 0 saturated carbocycles. The molecular formula is C45H47EuNO8-. The fourth-order valence-electron chi connectivity index (χ4n) is 4.28. The first-order chi connectivity index (χ1) is 25.8. The fraction of sp³-hybridized carbons (Fsp3) is 0.200. The fourth-order valence-corrected chi connectivity index (χ4v) is 4.28. The van der Waals surface area contributed by atoms with Gasteiger partial charge in [0.15, 0.2) is 0 Å². The van der Waals surface area contributed by atoms with Gasteiger partial charge in [0.2, 0.25) is 0 Å². The van der Waals surface area contributed by atoms with Crippen molar-refractivity contribution in [2.24, 2.45) is 0 Å². The molecule has 1 aliphatic heterocycles. The third-order valence-corrected chi connectivity index (χ3v) is 6.78. The van der Waals surface area contributed by atoms with Gasteiger partial charge in [0.1, 0.15) is 0 Å². The van der Waals surface area contributed by atoms with Gasteiger partial charge in [-0.1, -0.05) is 79.2 Å². The summed E-state index contributed by atoms with van der Waals surface area (Å²) in [6.07, 6.45) is 8.59. The normalized spacial score (nSPS) is 10.5. The third-order valence-electron chi connectivity index (χ3n) is 6.78. The molecule has 0 spiro atoms. The Morgan fingerprint density at radius 1 is 0.364 bits per heavy atom. The molecule has 0 aromatic heterocycles. The molecule has 9 nitrogen and oxygen atoms in total. The molecule has 10 heteroatoms. The second kappa shape index (κ2) is 30.6. The zero-order valence-electron chi connectivity index (χ0n) is 31.5. The van der Waals surface area contributed by atoms with Crippen molar-refractivity contribution in [3.63, 3.8) is 0 Å². The Kier molecular flexibility index (Phi) is 27.9. The van der Waals surface area contributed by atoms with E-state index in [0.29, 0.717) is 22.3 Å². The predicted molar refractivity (Wildman–Crippen MR) is 210 cm³/mol. The van der Waals surface area contributed by atoms with Crippen molar-refractivity contribution in [3.05, 3.63) is 169 Å². The second-order valence-electron chi connectivity index (χ2n) is 11.8. The van der Waals surface area contributed by atoms with Crippen molar-refractivity contribution in [3.8, 4) is 0 Å². The SMILES string of the molecule is C1CCNCC1.CC(=O)[CH-]C(=O)c1ccccc1.CC(=O)[CH-]C(=O)c1ccccc1.CC(=O)[CH-]C(=O)c1ccccc1.CC(=O)[CH-]C(=O)c1ccccc1.[Eu+3]. The Morgan fingerprint density at radius 3 is 0.691 bits per heavy atom. The number of benzene rings is 4. The number of rotatable bonds is 12. The Hall–Kier alpha value is -4.74. The van der Waals surface area contributed by atoms with E-state index in [-0.39, 0.29) is 95.6 Å². The Labute approximate surface area is 365 Å². The number of nitrogens with one attached hydrogen (secondary N) is 1. The van der Waals surface area contributed by atoms with Gasteiger partial charge in [-0.15, -0.1) is 96.5 Å². The van der Waals surface area contributed by atoms with Gasteiger partial charge in [-0.05, 0) is 53.6 Å². The van der Waals surface area contributed by atoms with Crippen molar-refractivity contribution in [2.75, 3.05) is 13.1 Å². The predicted octanol–water partition coefficient (Wildman–Crippen LogP) is 7.41. The zero-order valence-corrected chi connectivity index (χ0v) is 34.0. The summed E-state index contributed by atoms with van der Waals surface area (Å²) in [4.78, 5) is 86.9. The second-order valence-corrected chi connectivity index (χ2v) is 11.8. The number of hydrogen-bond acceptors (Lipinski definition) is 9. The first kappa shape index (κ1) is 50.3. The minimum Gasteiger partial charge on any atom is -0.331 e. The Bertz CT molecular complexity index is 1510. The number of carbonyl (C=O) groups is 8. The molecule has 288 valence electrons. The minimum atomic E-state index is -0.233. The maximum absolute atomic E-state index is 11.2. The summed E-state index contributed by atoms with van der Waals surface area (Å²) < 4.78 is 0. The molecule has 1 aliphatic rings. The van der Waals surface area contributed by atoms with E-state index in [1.807, 2.05) is 24.3 Å². The van der Waals surface area contributed by atoms with Crippen molar-refractivity contribution in [1.29, 1.82) is 0 Å². The van der Waals surface area contributed by atoms with Gasteiger partial charge in [-0.25, -0.2) is 0 Å². The van der Waals surface area contributed by atoms with Gasteiger partial charge < -0.3 is 43.7 Å². The van der Waals surface area contributed by atoms with E-state index in [9.17, 15) is 38.4 Å². The van der Waals surface area contributed by atoms with Crippen LogP contribution >= 0.6 is 0 Å². The van der Waals surface area contributed by atoms with Crippen molar-refractivity contribution < 1.29 is 87.7 Å². The molecule has 0 atom stereocenters. The van der Waals surface area contributed by atoms with E-state index in [0.717, 1.165) is 25.7 Å². The summed E-state index contributed by atoms with van der Waals surface area (Å²) >= 11 is 0. The summed E-state index contributed by atoms with van der Waals surface area (Å²) in [5.41, 5.74) is 2.20. The molecule has 0 unspecified atom stereocenters. The molecule has 0 radical (unpaired) electrons. The minimum absolute atomic E-state index is 0. The van der Waals surface area contributed by atoms with Gasteiger partial charge in [0.05, 0.1) is 23.1 Å². The first-order valence-corrected chi connectivity index (χ1v) is 17.3.